The monoisotopic (exact) mass is 327 g/mol. The number of nitrogen functional groups attached to an aromatic ring is 1. The first kappa shape index (κ1) is 13.1. The molecule has 1 heterocycles. The third-order valence-corrected chi connectivity index (χ3v) is 3.38. The van der Waals surface area contributed by atoms with Gasteiger partial charge in [-0.1, -0.05) is 17.7 Å². The molecule has 0 saturated carbocycles. The van der Waals surface area contributed by atoms with Crippen molar-refractivity contribution in [2.75, 3.05) is 10.7 Å². The fourth-order valence-corrected chi connectivity index (χ4v) is 1.86. The molecule has 18 heavy (non-hydrogen) atoms. The van der Waals surface area contributed by atoms with Gasteiger partial charge in [0.15, 0.2) is 0 Å². The number of benzene rings is 1. The van der Waals surface area contributed by atoms with Crippen molar-refractivity contribution in [3.05, 3.63) is 39.5 Å². The van der Waals surface area contributed by atoms with Crippen molar-refractivity contribution in [1.82, 2.24) is 9.97 Å². The Labute approximate surface area is 118 Å². The molecule has 94 valence electrons. The maximum atomic E-state index is 6.06. The van der Waals surface area contributed by atoms with E-state index in [1.807, 2.05) is 25.1 Å². The summed E-state index contributed by atoms with van der Waals surface area (Å²) in [5.41, 5.74) is 4.23. The predicted molar refractivity (Wildman–Crippen MR) is 77.0 cm³/mol. The molecule has 1 aromatic heterocycles. The normalized spacial score (nSPS) is 10.2. The Balaban J connectivity index is 2.36. The molecule has 0 radical (unpaired) electrons. The van der Waals surface area contributed by atoms with Crippen LogP contribution in [0.4, 0.5) is 17.5 Å². The van der Waals surface area contributed by atoms with E-state index < -0.39 is 0 Å². The van der Waals surface area contributed by atoms with Gasteiger partial charge in [0.25, 0.3) is 0 Å². The molecule has 0 atom stereocenters. The Bertz CT molecular complexity index is 575. The molecular weight excluding hydrogens is 318 g/mol. The van der Waals surface area contributed by atoms with Crippen LogP contribution < -0.4 is 16.6 Å². The summed E-state index contributed by atoms with van der Waals surface area (Å²) in [6.45, 7) is 1.93. The summed E-state index contributed by atoms with van der Waals surface area (Å²) in [6.07, 6.45) is 1.62. The van der Waals surface area contributed by atoms with Gasteiger partial charge >= 0.3 is 0 Å². The molecule has 5 nitrogen and oxygen atoms in total. The molecule has 0 aliphatic rings. The zero-order chi connectivity index (χ0) is 13.1. The second kappa shape index (κ2) is 5.51. The molecule has 0 aliphatic heterocycles. The van der Waals surface area contributed by atoms with Crippen LogP contribution >= 0.6 is 27.5 Å². The summed E-state index contributed by atoms with van der Waals surface area (Å²) >= 11 is 9.43. The molecule has 0 fully saturated rings. The summed E-state index contributed by atoms with van der Waals surface area (Å²) in [6, 6.07) is 5.63. The minimum atomic E-state index is 0.334. The summed E-state index contributed by atoms with van der Waals surface area (Å²) in [5.74, 6) is 6.22. The quantitative estimate of drug-likeness (QED) is 0.596. The standard InChI is InChI=1S/C11H11BrClN5/c1-6-8(13)3-2-4-9(6)16-10-7(12)5-15-11(17-10)18-14/h2-5H,14H2,1H3,(H2,15,16,17,18). The predicted octanol–water partition coefficient (Wildman–Crippen LogP) is 3.23. The van der Waals surface area contributed by atoms with Gasteiger partial charge in [-0.15, -0.1) is 0 Å². The molecule has 0 saturated heterocycles. The van der Waals surface area contributed by atoms with E-state index in [-0.39, 0.29) is 0 Å². The fourth-order valence-electron chi connectivity index (χ4n) is 1.39. The SMILES string of the molecule is Cc1c(Cl)cccc1Nc1nc(NN)ncc1Br. The first-order valence-corrected chi connectivity index (χ1v) is 6.30. The molecule has 1 aromatic carbocycles. The van der Waals surface area contributed by atoms with Crippen LogP contribution in [0.1, 0.15) is 5.56 Å². The van der Waals surface area contributed by atoms with Crippen molar-refractivity contribution in [1.29, 1.82) is 0 Å². The smallest absolute Gasteiger partial charge is 0.239 e. The van der Waals surface area contributed by atoms with Crippen molar-refractivity contribution in [2.24, 2.45) is 5.84 Å². The highest BCUT2D eigenvalue weighted by atomic mass is 79.9. The maximum Gasteiger partial charge on any atom is 0.239 e. The van der Waals surface area contributed by atoms with Crippen LogP contribution in [-0.4, -0.2) is 9.97 Å². The van der Waals surface area contributed by atoms with Gasteiger partial charge in [-0.05, 0) is 40.5 Å². The van der Waals surface area contributed by atoms with Crippen LogP contribution in [0.15, 0.2) is 28.9 Å². The highest BCUT2D eigenvalue weighted by Crippen LogP contribution is 2.28. The Morgan fingerprint density at radius 1 is 1.39 bits per heavy atom. The van der Waals surface area contributed by atoms with E-state index in [0.29, 0.717) is 16.8 Å². The third kappa shape index (κ3) is 2.72. The lowest BCUT2D eigenvalue weighted by atomic mass is 10.2. The number of aromatic nitrogens is 2. The number of hydrogen-bond donors (Lipinski definition) is 3. The highest BCUT2D eigenvalue weighted by molar-refractivity contribution is 9.10. The average Bonchev–Trinajstić information content (AvgIpc) is 2.37. The van der Waals surface area contributed by atoms with Gasteiger partial charge in [0.2, 0.25) is 5.95 Å². The van der Waals surface area contributed by atoms with Gasteiger partial charge in [0.1, 0.15) is 5.82 Å². The van der Waals surface area contributed by atoms with Gasteiger partial charge in [0, 0.05) is 16.9 Å². The minimum absolute atomic E-state index is 0.334. The van der Waals surface area contributed by atoms with Gasteiger partial charge in [-0.25, -0.2) is 10.8 Å². The lowest BCUT2D eigenvalue weighted by Gasteiger charge is -2.11. The second-order valence-electron chi connectivity index (χ2n) is 3.57. The van der Waals surface area contributed by atoms with Crippen LogP contribution in [0.2, 0.25) is 5.02 Å². The van der Waals surface area contributed by atoms with Crippen molar-refractivity contribution < 1.29 is 0 Å². The summed E-state index contributed by atoms with van der Waals surface area (Å²) < 4.78 is 0.737. The number of anilines is 3. The highest BCUT2D eigenvalue weighted by Gasteiger charge is 2.07. The molecule has 2 rings (SSSR count). The molecule has 4 N–H and O–H groups in total. The molecule has 0 bridgehead atoms. The number of hydrogen-bond acceptors (Lipinski definition) is 5. The first-order valence-electron chi connectivity index (χ1n) is 5.13. The molecular formula is C11H11BrClN5. The van der Waals surface area contributed by atoms with Crippen LogP contribution in [0.3, 0.4) is 0 Å². The fraction of sp³-hybridized carbons (Fsp3) is 0.0909. The number of nitrogens with zero attached hydrogens (tertiary/aromatic N) is 2. The molecule has 2 aromatic rings. The van der Waals surface area contributed by atoms with Crippen molar-refractivity contribution in [3.63, 3.8) is 0 Å². The number of nitrogens with two attached hydrogens (primary N) is 1. The van der Waals surface area contributed by atoms with Crippen LogP contribution in [0.25, 0.3) is 0 Å². The number of halogens is 2. The van der Waals surface area contributed by atoms with Gasteiger partial charge in [0.05, 0.1) is 4.47 Å². The summed E-state index contributed by atoms with van der Waals surface area (Å²) in [4.78, 5) is 8.19. The molecule has 0 amide bonds. The summed E-state index contributed by atoms with van der Waals surface area (Å²) in [5, 5.41) is 3.87. The van der Waals surface area contributed by atoms with E-state index >= 15 is 0 Å². The van der Waals surface area contributed by atoms with Crippen LogP contribution in [0, 0.1) is 6.92 Å². The van der Waals surface area contributed by atoms with Gasteiger partial charge in [-0.2, -0.15) is 4.98 Å². The van der Waals surface area contributed by atoms with Gasteiger partial charge < -0.3 is 5.32 Å². The van der Waals surface area contributed by atoms with Crippen LogP contribution in [0.5, 0.6) is 0 Å². The third-order valence-electron chi connectivity index (χ3n) is 2.39. The molecule has 0 spiro atoms. The topological polar surface area (TPSA) is 75.9 Å². The van der Waals surface area contributed by atoms with E-state index in [9.17, 15) is 0 Å². The Morgan fingerprint density at radius 2 is 2.17 bits per heavy atom. The summed E-state index contributed by atoms with van der Waals surface area (Å²) in [7, 11) is 0. The average molecular weight is 329 g/mol. The van der Waals surface area contributed by atoms with Crippen LogP contribution in [-0.2, 0) is 0 Å². The lowest BCUT2D eigenvalue weighted by molar-refractivity contribution is 1.11. The van der Waals surface area contributed by atoms with Crippen molar-refractivity contribution in [2.45, 2.75) is 6.92 Å². The molecule has 0 unspecified atom stereocenters. The number of hydrazine groups is 1. The lowest BCUT2D eigenvalue weighted by Crippen LogP contribution is -2.11. The zero-order valence-electron chi connectivity index (χ0n) is 9.54. The zero-order valence-corrected chi connectivity index (χ0v) is 11.9. The van der Waals surface area contributed by atoms with Gasteiger partial charge in [-0.3, -0.25) is 5.43 Å². The second-order valence-corrected chi connectivity index (χ2v) is 4.83. The number of rotatable bonds is 3. The molecule has 7 heteroatoms. The Kier molecular flexibility index (Phi) is 4.00. The van der Waals surface area contributed by atoms with E-state index in [1.54, 1.807) is 6.20 Å². The largest absolute Gasteiger partial charge is 0.339 e. The first-order chi connectivity index (χ1) is 8.61. The number of nitrogens with one attached hydrogen (secondary N) is 2. The van der Waals surface area contributed by atoms with Crippen molar-refractivity contribution in [3.8, 4) is 0 Å². The van der Waals surface area contributed by atoms with E-state index in [0.717, 1.165) is 15.7 Å². The minimum Gasteiger partial charge on any atom is -0.339 e. The Morgan fingerprint density at radius 3 is 2.89 bits per heavy atom. The van der Waals surface area contributed by atoms with E-state index in [1.165, 1.54) is 0 Å². The van der Waals surface area contributed by atoms with Crippen molar-refractivity contribution >= 4 is 45.0 Å². The Hall–Kier alpha value is -1.37. The van der Waals surface area contributed by atoms with E-state index in [4.69, 9.17) is 17.4 Å². The maximum absolute atomic E-state index is 6.06. The van der Waals surface area contributed by atoms with E-state index in [2.05, 4.69) is 36.6 Å². The molecule has 0 aliphatic carbocycles.